The number of nitro groups is 1. The highest BCUT2D eigenvalue weighted by Gasteiger charge is 2.23. The average Bonchev–Trinajstić information content (AvgIpc) is 2.28. The summed E-state index contributed by atoms with van der Waals surface area (Å²) in [4.78, 5) is 10.3. The standard InChI is InChI=1S/C11H17N3O4S/c1-4-12-9-6-8(3)11(7-10(9)14(15)16)19(17,18)13-5-2/h6-7,12-13H,4-5H2,1-3H3. The Hall–Kier alpha value is -1.67. The normalized spacial score (nSPS) is 11.3. The monoisotopic (exact) mass is 287 g/mol. The summed E-state index contributed by atoms with van der Waals surface area (Å²) in [6, 6.07) is 2.57. The number of nitrogens with one attached hydrogen (secondary N) is 2. The Balaban J connectivity index is 3.45. The molecule has 0 fully saturated rings. The van der Waals surface area contributed by atoms with Crippen LogP contribution in [0.4, 0.5) is 11.4 Å². The lowest BCUT2D eigenvalue weighted by Crippen LogP contribution is -2.24. The molecule has 2 N–H and O–H groups in total. The molecule has 19 heavy (non-hydrogen) atoms. The summed E-state index contributed by atoms with van der Waals surface area (Å²) in [6.07, 6.45) is 0. The first kappa shape index (κ1) is 15.4. The van der Waals surface area contributed by atoms with Crippen molar-refractivity contribution in [3.8, 4) is 0 Å². The Kier molecular flexibility index (Phi) is 4.84. The number of aryl methyl sites for hydroxylation is 1. The molecule has 0 heterocycles. The molecule has 0 amide bonds. The first-order valence-electron chi connectivity index (χ1n) is 5.86. The quantitative estimate of drug-likeness (QED) is 0.611. The molecule has 1 aromatic carbocycles. The van der Waals surface area contributed by atoms with Crippen molar-refractivity contribution < 1.29 is 13.3 Å². The van der Waals surface area contributed by atoms with Crippen LogP contribution < -0.4 is 10.0 Å². The lowest BCUT2D eigenvalue weighted by atomic mass is 10.2. The van der Waals surface area contributed by atoms with Gasteiger partial charge in [-0.15, -0.1) is 0 Å². The average molecular weight is 287 g/mol. The molecule has 8 heteroatoms. The summed E-state index contributed by atoms with van der Waals surface area (Å²) in [5.74, 6) is 0. The molecule has 0 saturated heterocycles. The Morgan fingerprint density at radius 1 is 1.26 bits per heavy atom. The fourth-order valence-corrected chi connectivity index (χ4v) is 3.00. The van der Waals surface area contributed by atoms with E-state index in [1.165, 1.54) is 6.07 Å². The summed E-state index contributed by atoms with van der Waals surface area (Å²) in [5.41, 5.74) is 0.534. The maximum Gasteiger partial charge on any atom is 0.293 e. The lowest BCUT2D eigenvalue weighted by molar-refractivity contribution is -0.384. The van der Waals surface area contributed by atoms with Crippen LogP contribution in [-0.2, 0) is 10.0 Å². The molecule has 0 unspecified atom stereocenters. The van der Waals surface area contributed by atoms with Gasteiger partial charge in [0.25, 0.3) is 5.69 Å². The first-order valence-corrected chi connectivity index (χ1v) is 7.34. The molecule has 0 atom stereocenters. The molecule has 0 aliphatic rings. The van der Waals surface area contributed by atoms with Crippen molar-refractivity contribution >= 4 is 21.4 Å². The Bertz CT molecular complexity index is 584. The van der Waals surface area contributed by atoms with Gasteiger partial charge in [0.2, 0.25) is 10.0 Å². The Morgan fingerprint density at radius 2 is 1.89 bits per heavy atom. The minimum absolute atomic E-state index is 0.0669. The predicted molar refractivity (Wildman–Crippen MR) is 72.9 cm³/mol. The van der Waals surface area contributed by atoms with Gasteiger partial charge < -0.3 is 5.32 Å². The zero-order valence-corrected chi connectivity index (χ0v) is 11.9. The third kappa shape index (κ3) is 3.42. The maximum atomic E-state index is 11.9. The van der Waals surface area contributed by atoms with E-state index in [0.717, 1.165) is 6.07 Å². The van der Waals surface area contributed by atoms with Gasteiger partial charge in [-0.3, -0.25) is 10.1 Å². The van der Waals surface area contributed by atoms with E-state index >= 15 is 0 Å². The van der Waals surface area contributed by atoms with Crippen LogP contribution in [0.2, 0.25) is 0 Å². The van der Waals surface area contributed by atoms with Gasteiger partial charge in [0.15, 0.2) is 0 Å². The Morgan fingerprint density at radius 3 is 2.37 bits per heavy atom. The molecule has 1 aromatic rings. The molecule has 0 spiro atoms. The van der Waals surface area contributed by atoms with Crippen molar-refractivity contribution in [1.82, 2.24) is 4.72 Å². The zero-order chi connectivity index (χ0) is 14.6. The van der Waals surface area contributed by atoms with Crippen molar-refractivity contribution in [3.63, 3.8) is 0 Å². The van der Waals surface area contributed by atoms with Crippen molar-refractivity contribution in [1.29, 1.82) is 0 Å². The van der Waals surface area contributed by atoms with Crippen LogP contribution in [0.5, 0.6) is 0 Å². The van der Waals surface area contributed by atoms with Gasteiger partial charge in [-0.1, -0.05) is 6.92 Å². The highest BCUT2D eigenvalue weighted by Crippen LogP contribution is 2.30. The van der Waals surface area contributed by atoms with Crippen LogP contribution in [0.3, 0.4) is 0 Å². The van der Waals surface area contributed by atoms with E-state index in [-0.39, 0.29) is 17.1 Å². The molecule has 0 saturated carbocycles. The fraction of sp³-hybridized carbons (Fsp3) is 0.455. The van der Waals surface area contributed by atoms with Gasteiger partial charge >= 0.3 is 0 Å². The van der Waals surface area contributed by atoms with Gasteiger partial charge in [0.1, 0.15) is 5.69 Å². The van der Waals surface area contributed by atoms with E-state index in [0.29, 0.717) is 17.8 Å². The molecule has 7 nitrogen and oxygen atoms in total. The van der Waals surface area contributed by atoms with Gasteiger partial charge in [-0.25, -0.2) is 13.1 Å². The number of nitrogens with zero attached hydrogens (tertiary/aromatic N) is 1. The summed E-state index contributed by atoms with van der Waals surface area (Å²) in [5, 5.41) is 13.8. The summed E-state index contributed by atoms with van der Waals surface area (Å²) in [7, 11) is -3.71. The number of anilines is 1. The van der Waals surface area contributed by atoms with Crippen LogP contribution in [0, 0.1) is 17.0 Å². The summed E-state index contributed by atoms with van der Waals surface area (Å²) >= 11 is 0. The van der Waals surface area contributed by atoms with Gasteiger partial charge in [-0.2, -0.15) is 0 Å². The smallest absolute Gasteiger partial charge is 0.293 e. The molecule has 1 rings (SSSR count). The lowest BCUT2D eigenvalue weighted by Gasteiger charge is -2.11. The van der Waals surface area contributed by atoms with E-state index in [1.807, 2.05) is 6.92 Å². The highest BCUT2D eigenvalue weighted by molar-refractivity contribution is 7.89. The van der Waals surface area contributed by atoms with Crippen molar-refractivity contribution in [2.75, 3.05) is 18.4 Å². The number of rotatable bonds is 6. The van der Waals surface area contributed by atoms with E-state index in [2.05, 4.69) is 10.0 Å². The minimum Gasteiger partial charge on any atom is -0.380 e. The fourth-order valence-electron chi connectivity index (χ4n) is 1.72. The molecule has 0 aliphatic carbocycles. The first-order chi connectivity index (χ1) is 8.83. The van der Waals surface area contributed by atoms with Crippen LogP contribution >= 0.6 is 0 Å². The molecule has 0 bridgehead atoms. The van der Waals surface area contributed by atoms with E-state index in [9.17, 15) is 18.5 Å². The SMILES string of the molecule is CCNc1cc(C)c(S(=O)(=O)NCC)cc1[N+](=O)[O-]. The van der Waals surface area contributed by atoms with Crippen molar-refractivity contribution in [2.24, 2.45) is 0 Å². The Labute approximate surface area is 112 Å². The molecule has 0 aromatic heterocycles. The van der Waals surface area contributed by atoms with E-state index < -0.39 is 14.9 Å². The topological polar surface area (TPSA) is 101 Å². The highest BCUT2D eigenvalue weighted by atomic mass is 32.2. The molecule has 0 radical (unpaired) electrons. The van der Waals surface area contributed by atoms with Crippen LogP contribution in [0.25, 0.3) is 0 Å². The molecule has 0 aliphatic heterocycles. The second-order valence-electron chi connectivity index (χ2n) is 3.92. The van der Waals surface area contributed by atoms with Crippen LogP contribution in [-0.4, -0.2) is 26.4 Å². The maximum absolute atomic E-state index is 11.9. The van der Waals surface area contributed by atoms with Crippen LogP contribution in [0.15, 0.2) is 17.0 Å². The van der Waals surface area contributed by atoms with Gasteiger partial charge in [0, 0.05) is 19.2 Å². The summed E-state index contributed by atoms with van der Waals surface area (Å²) in [6.45, 7) is 5.80. The number of benzene rings is 1. The number of hydrogen-bond donors (Lipinski definition) is 2. The third-order valence-electron chi connectivity index (χ3n) is 2.48. The molecular formula is C11H17N3O4S. The van der Waals surface area contributed by atoms with Crippen LogP contribution in [0.1, 0.15) is 19.4 Å². The van der Waals surface area contributed by atoms with E-state index in [4.69, 9.17) is 0 Å². The third-order valence-corrected chi connectivity index (χ3v) is 4.17. The van der Waals surface area contributed by atoms with Crippen molar-refractivity contribution in [2.45, 2.75) is 25.7 Å². The molecule has 106 valence electrons. The number of hydrogen-bond acceptors (Lipinski definition) is 5. The predicted octanol–water partition coefficient (Wildman–Crippen LogP) is 1.63. The second-order valence-corrected chi connectivity index (χ2v) is 5.66. The van der Waals surface area contributed by atoms with Gasteiger partial charge in [0.05, 0.1) is 9.82 Å². The minimum atomic E-state index is -3.71. The number of sulfonamides is 1. The van der Waals surface area contributed by atoms with E-state index in [1.54, 1.807) is 13.8 Å². The second kappa shape index (κ2) is 5.98. The number of nitro benzene ring substituents is 1. The van der Waals surface area contributed by atoms with Gasteiger partial charge in [-0.05, 0) is 25.5 Å². The zero-order valence-electron chi connectivity index (χ0n) is 11.1. The molecular weight excluding hydrogens is 270 g/mol. The largest absolute Gasteiger partial charge is 0.380 e. The van der Waals surface area contributed by atoms with Crippen molar-refractivity contribution in [3.05, 3.63) is 27.8 Å². The summed E-state index contributed by atoms with van der Waals surface area (Å²) < 4.78 is 26.2.